The second kappa shape index (κ2) is 8.72. The van der Waals surface area contributed by atoms with Gasteiger partial charge in [0.1, 0.15) is 0 Å². The first-order chi connectivity index (χ1) is 12.4. The summed E-state index contributed by atoms with van der Waals surface area (Å²) in [6.07, 6.45) is 0. The molecule has 2 aromatic rings. The first-order valence-corrected chi connectivity index (χ1v) is 7.86. The highest BCUT2D eigenvalue weighted by Gasteiger charge is 2.09. The molecule has 0 heterocycles. The van der Waals surface area contributed by atoms with E-state index in [1.165, 1.54) is 18.2 Å². The fourth-order valence-electron chi connectivity index (χ4n) is 1.96. The predicted molar refractivity (Wildman–Crippen MR) is 97.2 cm³/mol. The Morgan fingerprint density at radius 2 is 1.85 bits per heavy atom. The number of rotatable bonds is 6. The molecule has 2 rings (SSSR count). The monoisotopic (exact) mass is 374 g/mol. The fraction of sp³-hybridized carbons (Fsp3) is 0.118. The number of hydrazone groups is 1. The largest absolute Gasteiger partial charge is 0.343 e. The van der Waals surface area contributed by atoms with Gasteiger partial charge in [-0.15, -0.1) is 0 Å². The summed E-state index contributed by atoms with van der Waals surface area (Å²) in [5, 5.41) is 17.6. The number of benzene rings is 2. The molecule has 0 aliphatic carbocycles. The molecule has 2 amide bonds. The molecule has 0 fully saturated rings. The van der Waals surface area contributed by atoms with Crippen molar-refractivity contribution in [1.82, 2.24) is 10.7 Å². The number of halogens is 1. The molecule has 0 bridgehead atoms. The van der Waals surface area contributed by atoms with Crippen molar-refractivity contribution in [1.29, 1.82) is 0 Å². The van der Waals surface area contributed by atoms with Crippen molar-refractivity contribution in [2.45, 2.75) is 6.92 Å². The van der Waals surface area contributed by atoms with Crippen molar-refractivity contribution in [2.75, 3.05) is 6.54 Å². The lowest BCUT2D eigenvalue weighted by atomic mass is 10.1. The minimum atomic E-state index is -0.530. The Kier molecular flexibility index (Phi) is 6.40. The van der Waals surface area contributed by atoms with Crippen LogP contribution in [-0.4, -0.2) is 29.0 Å². The van der Waals surface area contributed by atoms with Gasteiger partial charge >= 0.3 is 0 Å². The van der Waals surface area contributed by atoms with E-state index in [9.17, 15) is 19.7 Å². The highest BCUT2D eigenvalue weighted by molar-refractivity contribution is 6.30. The number of carbonyl (C=O) groups is 2. The molecule has 0 aliphatic heterocycles. The number of nitro benzene ring substituents is 1. The van der Waals surface area contributed by atoms with Crippen molar-refractivity contribution in [3.8, 4) is 0 Å². The number of amides is 2. The third kappa shape index (κ3) is 5.38. The zero-order valence-electron chi connectivity index (χ0n) is 13.7. The molecule has 8 nitrogen and oxygen atoms in total. The molecule has 0 saturated heterocycles. The summed E-state index contributed by atoms with van der Waals surface area (Å²) in [5.41, 5.74) is 3.49. The van der Waals surface area contributed by atoms with Crippen LogP contribution in [0, 0.1) is 10.1 Å². The van der Waals surface area contributed by atoms with Gasteiger partial charge in [-0.05, 0) is 31.2 Å². The van der Waals surface area contributed by atoms with Crippen molar-refractivity contribution < 1.29 is 14.5 Å². The summed E-state index contributed by atoms with van der Waals surface area (Å²) in [5.74, 6) is -0.951. The lowest BCUT2D eigenvalue weighted by molar-refractivity contribution is -0.384. The van der Waals surface area contributed by atoms with E-state index in [1.54, 1.807) is 37.3 Å². The summed E-state index contributed by atoms with van der Waals surface area (Å²) >= 11 is 5.74. The van der Waals surface area contributed by atoms with E-state index >= 15 is 0 Å². The summed E-state index contributed by atoms with van der Waals surface area (Å²) in [7, 11) is 0. The van der Waals surface area contributed by atoms with Crippen LogP contribution in [0.3, 0.4) is 0 Å². The van der Waals surface area contributed by atoms with E-state index in [-0.39, 0.29) is 12.2 Å². The smallest absolute Gasteiger partial charge is 0.270 e. The Labute approximate surface area is 154 Å². The van der Waals surface area contributed by atoms with Crippen molar-refractivity contribution in [3.05, 3.63) is 74.8 Å². The Hall–Kier alpha value is -3.26. The lowest BCUT2D eigenvalue weighted by Crippen LogP contribution is -2.35. The summed E-state index contributed by atoms with van der Waals surface area (Å²) < 4.78 is 0. The standard InChI is InChI=1S/C17H15ClN4O4/c1-11(13-3-2-4-15(9-13)22(25)26)20-21-16(23)10-19-17(24)12-5-7-14(18)8-6-12/h2-9H,10H2,1H3,(H,19,24)(H,21,23)/b20-11+. The maximum absolute atomic E-state index is 11.9. The van der Waals surface area contributed by atoms with Crippen LogP contribution in [0.2, 0.25) is 5.02 Å². The van der Waals surface area contributed by atoms with Crippen LogP contribution in [0.1, 0.15) is 22.8 Å². The van der Waals surface area contributed by atoms with Gasteiger partial charge in [0.15, 0.2) is 0 Å². The second-order valence-electron chi connectivity index (χ2n) is 5.23. The van der Waals surface area contributed by atoms with Crippen LogP contribution >= 0.6 is 11.6 Å². The van der Waals surface area contributed by atoms with Gasteiger partial charge in [-0.1, -0.05) is 23.7 Å². The molecule has 2 N–H and O–H groups in total. The number of non-ortho nitro benzene ring substituents is 1. The molecular formula is C17H15ClN4O4. The van der Waals surface area contributed by atoms with Crippen LogP contribution in [0.5, 0.6) is 0 Å². The SMILES string of the molecule is C/C(=N\NC(=O)CNC(=O)c1ccc(Cl)cc1)c1cccc([N+](=O)[O-])c1. The van der Waals surface area contributed by atoms with Gasteiger partial charge < -0.3 is 5.32 Å². The Morgan fingerprint density at radius 3 is 2.50 bits per heavy atom. The second-order valence-corrected chi connectivity index (χ2v) is 5.67. The summed E-state index contributed by atoms with van der Waals surface area (Å²) in [6.45, 7) is 1.33. The van der Waals surface area contributed by atoms with Gasteiger partial charge in [0.05, 0.1) is 17.2 Å². The normalized spacial score (nSPS) is 10.9. The average molecular weight is 375 g/mol. The number of nitrogens with zero attached hydrogens (tertiary/aromatic N) is 2. The number of hydrogen-bond donors (Lipinski definition) is 2. The molecular weight excluding hydrogens is 360 g/mol. The molecule has 0 aromatic heterocycles. The molecule has 0 saturated carbocycles. The highest BCUT2D eigenvalue weighted by atomic mass is 35.5. The molecule has 26 heavy (non-hydrogen) atoms. The zero-order valence-corrected chi connectivity index (χ0v) is 14.5. The van der Waals surface area contributed by atoms with Crippen LogP contribution in [0.25, 0.3) is 0 Å². The zero-order chi connectivity index (χ0) is 19.1. The number of carbonyl (C=O) groups excluding carboxylic acids is 2. The van der Waals surface area contributed by atoms with Crippen LogP contribution in [0.15, 0.2) is 53.6 Å². The van der Waals surface area contributed by atoms with Gasteiger partial charge in [-0.2, -0.15) is 5.10 Å². The van der Waals surface area contributed by atoms with E-state index in [0.29, 0.717) is 21.9 Å². The Morgan fingerprint density at radius 1 is 1.15 bits per heavy atom. The first kappa shape index (κ1) is 19.1. The molecule has 0 aliphatic rings. The Balaban J connectivity index is 1.90. The van der Waals surface area contributed by atoms with Gasteiger partial charge in [0.25, 0.3) is 17.5 Å². The number of nitro groups is 1. The topological polar surface area (TPSA) is 114 Å². The number of hydrogen-bond acceptors (Lipinski definition) is 5. The van der Waals surface area contributed by atoms with E-state index < -0.39 is 16.7 Å². The van der Waals surface area contributed by atoms with E-state index in [1.807, 2.05) is 0 Å². The minimum Gasteiger partial charge on any atom is -0.343 e. The average Bonchev–Trinajstić information content (AvgIpc) is 2.64. The molecule has 0 spiro atoms. The van der Waals surface area contributed by atoms with Gasteiger partial charge in [0, 0.05) is 28.3 Å². The van der Waals surface area contributed by atoms with Gasteiger partial charge in [-0.25, -0.2) is 5.43 Å². The highest BCUT2D eigenvalue weighted by Crippen LogP contribution is 2.13. The predicted octanol–water partition coefficient (Wildman–Crippen LogP) is 2.52. The third-order valence-electron chi connectivity index (χ3n) is 3.34. The van der Waals surface area contributed by atoms with Crippen LogP contribution in [0.4, 0.5) is 5.69 Å². The van der Waals surface area contributed by atoms with Gasteiger partial charge in [-0.3, -0.25) is 19.7 Å². The molecule has 9 heteroatoms. The third-order valence-corrected chi connectivity index (χ3v) is 3.59. The van der Waals surface area contributed by atoms with Crippen molar-refractivity contribution >= 4 is 34.8 Å². The van der Waals surface area contributed by atoms with E-state index in [4.69, 9.17) is 11.6 Å². The molecule has 134 valence electrons. The number of nitrogens with one attached hydrogen (secondary N) is 2. The fourth-order valence-corrected chi connectivity index (χ4v) is 2.08. The summed E-state index contributed by atoms with van der Waals surface area (Å²) in [4.78, 5) is 33.9. The quantitative estimate of drug-likeness (QED) is 0.459. The van der Waals surface area contributed by atoms with Gasteiger partial charge in [0.2, 0.25) is 0 Å². The maximum atomic E-state index is 11.9. The molecule has 2 aromatic carbocycles. The van der Waals surface area contributed by atoms with E-state index in [0.717, 1.165) is 0 Å². The molecule has 0 radical (unpaired) electrons. The molecule has 0 atom stereocenters. The van der Waals surface area contributed by atoms with E-state index in [2.05, 4.69) is 15.8 Å². The Bertz CT molecular complexity index is 865. The van der Waals surface area contributed by atoms with Crippen LogP contribution in [-0.2, 0) is 4.79 Å². The molecule has 0 unspecified atom stereocenters. The van der Waals surface area contributed by atoms with Crippen molar-refractivity contribution in [3.63, 3.8) is 0 Å². The summed E-state index contributed by atoms with van der Waals surface area (Å²) in [6, 6.07) is 12.1. The lowest BCUT2D eigenvalue weighted by Gasteiger charge is -2.05. The van der Waals surface area contributed by atoms with Crippen LogP contribution < -0.4 is 10.7 Å². The first-order valence-electron chi connectivity index (χ1n) is 7.48. The maximum Gasteiger partial charge on any atom is 0.270 e. The van der Waals surface area contributed by atoms with Crippen molar-refractivity contribution in [2.24, 2.45) is 5.10 Å². The minimum absolute atomic E-state index is 0.0707.